The van der Waals surface area contributed by atoms with Gasteiger partial charge in [0.15, 0.2) is 12.1 Å². The van der Waals surface area contributed by atoms with Crippen LogP contribution in [0.25, 0.3) is 0 Å². The van der Waals surface area contributed by atoms with Crippen LogP contribution in [0.4, 0.5) is 0 Å². The van der Waals surface area contributed by atoms with Gasteiger partial charge in [-0.3, -0.25) is 4.79 Å². The topological polar surface area (TPSA) is 119 Å². The number of tetrazole rings is 1. The van der Waals surface area contributed by atoms with Crippen molar-refractivity contribution >= 4 is 5.91 Å². The molecule has 1 N–H and O–H groups in total. The summed E-state index contributed by atoms with van der Waals surface area (Å²) in [5.41, 5.74) is 0. The van der Waals surface area contributed by atoms with Crippen LogP contribution in [-0.4, -0.2) is 76.3 Å². The highest BCUT2D eigenvalue weighted by Gasteiger charge is 2.63. The third-order valence-corrected chi connectivity index (χ3v) is 5.55. The monoisotopic (exact) mass is 369 g/mol. The molecule has 3 aliphatic rings. The number of nitrogens with zero attached hydrogens (tertiary/aromatic N) is 4. The van der Waals surface area contributed by atoms with Crippen molar-refractivity contribution in [3.05, 3.63) is 5.82 Å². The molecule has 11 heteroatoms. The number of hydrogen-bond donors (Lipinski definition) is 1. The number of fused-ring (bicyclic) bond motifs is 6. The van der Waals surface area contributed by atoms with Crippen molar-refractivity contribution < 1.29 is 28.5 Å². The summed E-state index contributed by atoms with van der Waals surface area (Å²) in [5, 5.41) is 14.7. The van der Waals surface area contributed by atoms with Gasteiger partial charge in [-0.25, -0.2) is 0 Å². The molecule has 0 aliphatic carbocycles. The van der Waals surface area contributed by atoms with Crippen molar-refractivity contribution in [1.82, 2.24) is 25.5 Å². The fraction of sp³-hybridized carbons (Fsp3) is 0.867. The summed E-state index contributed by atoms with van der Waals surface area (Å²) < 4.78 is 31.5. The first-order valence-electron chi connectivity index (χ1n) is 8.47. The second kappa shape index (κ2) is 5.92. The molecule has 26 heavy (non-hydrogen) atoms. The van der Waals surface area contributed by atoms with Crippen molar-refractivity contribution in [3.8, 4) is 0 Å². The minimum Gasteiger partial charge on any atom is -0.349 e. The van der Waals surface area contributed by atoms with Gasteiger partial charge in [-0.2, -0.15) is 4.68 Å². The lowest BCUT2D eigenvalue weighted by molar-refractivity contribution is -0.469. The van der Waals surface area contributed by atoms with E-state index in [9.17, 15) is 4.79 Å². The molecule has 1 amide bonds. The normalized spacial score (nSPS) is 44.1. The highest BCUT2D eigenvalue weighted by molar-refractivity contribution is 5.73. The molecule has 11 nitrogen and oxygen atoms in total. The maximum atomic E-state index is 11.8. The average Bonchev–Trinajstić information content (AvgIpc) is 3.08. The number of ether oxygens (including phenoxy) is 5. The van der Waals surface area contributed by atoms with Gasteiger partial charge >= 0.3 is 0 Å². The van der Waals surface area contributed by atoms with Crippen LogP contribution in [0.15, 0.2) is 0 Å². The van der Waals surface area contributed by atoms with Gasteiger partial charge < -0.3 is 29.0 Å². The minimum atomic E-state index is -1.19. The molecule has 0 spiro atoms. The molecular formula is C15H23N5O6. The molecule has 1 aromatic rings. The fourth-order valence-electron chi connectivity index (χ4n) is 3.89. The highest BCUT2D eigenvalue weighted by atomic mass is 16.8. The standard InChI is InChI=1S/C15H23N5O6/c1-7(21)16-10-12-11(25-14(2,22-4)15(3,23-5)26-12)8-6-9-17-18-19-20(9)13(10)24-8/h8,10-13H,6H2,1-5H3,(H,16,21)/t8-,10-,11-,12-,13-,14-,15-/m1/s1. The van der Waals surface area contributed by atoms with E-state index in [-0.39, 0.29) is 12.0 Å². The first-order valence-corrected chi connectivity index (χ1v) is 8.47. The van der Waals surface area contributed by atoms with E-state index in [1.54, 1.807) is 18.5 Å². The minimum absolute atomic E-state index is 0.223. The van der Waals surface area contributed by atoms with E-state index >= 15 is 0 Å². The summed E-state index contributed by atoms with van der Waals surface area (Å²) >= 11 is 0. The number of methoxy groups -OCH3 is 2. The van der Waals surface area contributed by atoms with E-state index in [1.807, 2.05) is 0 Å². The summed E-state index contributed by atoms with van der Waals surface area (Å²) in [6.45, 7) is 4.92. The van der Waals surface area contributed by atoms with Crippen molar-refractivity contribution in [1.29, 1.82) is 0 Å². The quantitative estimate of drug-likeness (QED) is 0.726. The largest absolute Gasteiger partial charge is 0.349 e. The van der Waals surface area contributed by atoms with Crippen molar-refractivity contribution in [2.45, 2.75) is 69.3 Å². The van der Waals surface area contributed by atoms with Crippen molar-refractivity contribution in [3.63, 3.8) is 0 Å². The highest BCUT2D eigenvalue weighted by Crippen LogP contribution is 2.46. The Morgan fingerprint density at radius 2 is 1.88 bits per heavy atom. The van der Waals surface area contributed by atoms with Gasteiger partial charge in [-0.1, -0.05) is 0 Å². The lowest BCUT2D eigenvalue weighted by Gasteiger charge is -2.58. The van der Waals surface area contributed by atoms with Crippen LogP contribution in [0, 0.1) is 0 Å². The second-order valence-electron chi connectivity index (χ2n) is 7.00. The van der Waals surface area contributed by atoms with E-state index in [4.69, 9.17) is 23.7 Å². The molecule has 144 valence electrons. The predicted octanol–water partition coefficient (Wildman–Crippen LogP) is -0.859. The van der Waals surface area contributed by atoms with Gasteiger partial charge in [0.2, 0.25) is 17.5 Å². The number of rotatable bonds is 3. The van der Waals surface area contributed by atoms with Crippen LogP contribution < -0.4 is 5.32 Å². The number of amides is 1. The Balaban J connectivity index is 1.76. The molecule has 2 saturated heterocycles. The van der Waals surface area contributed by atoms with Crippen LogP contribution in [0.2, 0.25) is 0 Å². The first-order chi connectivity index (χ1) is 12.3. The van der Waals surface area contributed by atoms with E-state index in [1.165, 1.54) is 21.1 Å². The Morgan fingerprint density at radius 1 is 1.23 bits per heavy atom. The third kappa shape index (κ3) is 2.38. The van der Waals surface area contributed by atoms with E-state index in [0.29, 0.717) is 12.2 Å². The van der Waals surface area contributed by atoms with Crippen LogP contribution in [0.3, 0.4) is 0 Å². The smallest absolute Gasteiger partial charge is 0.220 e. The van der Waals surface area contributed by atoms with E-state index in [2.05, 4.69) is 20.8 Å². The zero-order chi connectivity index (χ0) is 18.7. The Labute approximate surface area is 150 Å². The number of hydrogen-bond acceptors (Lipinski definition) is 9. The van der Waals surface area contributed by atoms with Gasteiger partial charge in [0.1, 0.15) is 18.2 Å². The molecule has 7 atom stereocenters. The Hall–Kier alpha value is -1.66. The molecule has 4 rings (SSSR count). The van der Waals surface area contributed by atoms with Crippen molar-refractivity contribution in [2.24, 2.45) is 0 Å². The number of carbonyl (C=O) groups is 1. The van der Waals surface area contributed by atoms with Gasteiger partial charge in [-0.05, 0) is 24.3 Å². The first kappa shape index (κ1) is 17.7. The molecule has 0 aromatic carbocycles. The Bertz CT molecular complexity index is 714. The average molecular weight is 369 g/mol. The lowest BCUT2D eigenvalue weighted by Crippen LogP contribution is -2.74. The summed E-state index contributed by atoms with van der Waals surface area (Å²) in [6.07, 6.45) is -1.51. The summed E-state index contributed by atoms with van der Waals surface area (Å²) in [5.74, 6) is -1.90. The molecule has 2 bridgehead atoms. The van der Waals surface area contributed by atoms with Gasteiger partial charge in [0.05, 0.1) is 6.10 Å². The molecule has 0 radical (unpaired) electrons. The van der Waals surface area contributed by atoms with Crippen molar-refractivity contribution in [2.75, 3.05) is 14.2 Å². The molecule has 1 aromatic heterocycles. The lowest BCUT2D eigenvalue weighted by atomic mass is 9.88. The van der Waals surface area contributed by atoms with E-state index < -0.39 is 36.1 Å². The van der Waals surface area contributed by atoms with Crippen LogP contribution in [-0.2, 0) is 34.9 Å². The second-order valence-corrected chi connectivity index (χ2v) is 7.00. The predicted molar refractivity (Wildman–Crippen MR) is 83.6 cm³/mol. The molecule has 0 saturated carbocycles. The van der Waals surface area contributed by atoms with E-state index in [0.717, 1.165) is 0 Å². The molecule has 3 aliphatic heterocycles. The van der Waals surface area contributed by atoms with Crippen LogP contribution >= 0.6 is 0 Å². The van der Waals surface area contributed by atoms with Gasteiger partial charge in [-0.15, -0.1) is 5.10 Å². The zero-order valence-corrected chi connectivity index (χ0v) is 15.3. The maximum Gasteiger partial charge on any atom is 0.220 e. The Morgan fingerprint density at radius 3 is 2.50 bits per heavy atom. The number of nitrogens with one attached hydrogen (secondary N) is 1. The third-order valence-electron chi connectivity index (χ3n) is 5.55. The number of carbonyl (C=O) groups excluding carboxylic acids is 1. The molecule has 0 unspecified atom stereocenters. The summed E-state index contributed by atoms with van der Waals surface area (Å²) in [7, 11) is 3.05. The van der Waals surface area contributed by atoms with Gasteiger partial charge in [0.25, 0.3) is 0 Å². The van der Waals surface area contributed by atoms with Crippen LogP contribution in [0.5, 0.6) is 0 Å². The summed E-state index contributed by atoms with van der Waals surface area (Å²) in [4.78, 5) is 11.8. The SMILES string of the molecule is CO[C@]1(C)O[C@@H]2[C@@H](NC(C)=O)[C@H]3O[C@H](Cc4nnnn43)[C@H]2O[C@@]1(C)OC. The molecule has 2 fully saturated rings. The Kier molecular flexibility index (Phi) is 4.04. The van der Waals surface area contributed by atoms with Crippen LogP contribution in [0.1, 0.15) is 32.8 Å². The summed E-state index contributed by atoms with van der Waals surface area (Å²) in [6, 6.07) is -0.563. The molecule has 4 heterocycles. The zero-order valence-electron chi connectivity index (χ0n) is 15.3. The molecular weight excluding hydrogens is 346 g/mol. The fourth-order valence-corrected chi connectivity index (χ4v) is 3.89. The van der Waals surface area contributed by atoms with Gasteiger partial charge in [0, 0.05) is 27.6 Å². The maximum absolute atomic E-state index is 11.8. The number of aromatic nitrogens is 4.